The van der Waals surface area contributed by atoms with Gasteiger partial charge in [-0.05, 0) is 32.0 Å². The number of hydrogen-bond acceptors (Lipinski definition) is 4. The number of rotatable bonds is 5. The van der Waals surface area contributed by atoms with Gasteiger partial charge in [-0.25, -0.2) is 0 Å². The largest absolute Gasteiger partial charge is 0.508 e. The van der Waals surface area contributed by atoms with Crippen molar-refractivity contribution in [2.75, 3.05) is 18.0 Å². The summed E-state index contributed by atoms with van der Waals surface area (Å²) >= 11 is 0. The number of phenolic OH excluding ortho intramolecular Hbond substituents is 1. The lowest BCUT2D eigenvalue weighted by Crippen LogP contribution is -2.21. The van der Waals surface area contributed by atoms with Gasteiger partial charge in [-0.3, -0.25) is 9.98 Å². The molecule has 0 radical (unpaired) electrons. The molecule has 0 spiro atoms. The number of phenols is 1. The molecule has 1 aromatic heterocycles. The van der Waals surface area contributed by atoms with Crippen LogP contribution < -0.4 is 4.90 Å². The summed E-state index contributed by atoms with van der Waals surface area (Å²) in [5.74, 6) is 0.460. The van der Waals surface area contributed by atoms with E-state index in [2.05, 4.69) is 34.8 Å². The lowest BCUT2D eigenvalue weighted by molar-refractivity contribution is 0.465. The van der Waals surface area contributed by atoms with Gasteiger partial charge in [-0.1, -0.05) is 18.2 Å². The monoisotopic (exact) mass is 321 g/mol. The van der Waals surface area contributed by atoms with Crippen LogP contribution in [0.25, 0.3) is 0 Å². The molecule has 0 aliphatic carbocycles. The number of pyridine rings is 1. The molecule has 2 aromatic rings. The Bertz CT molecular complexity index is 749. The first kappa shape index (κ1) is 16.2. The molecule has 124 valence electrons. The first-order chi connectivity index (χ1) is 11.7. The van der Waals surface area contributed by atoms with Crippen molar-refractivity contribution < 1.29 is 5.11 Å². The summed E-state index contributed by atoms with van der Waals surface area (Å²) in [6.45, 7) is 6.09. The van der Waals surface area contributed by atoms with Crippen LogP contribution in [0.3, 0.4) is 0 Å². The number of anilines is 1. The van der Waals surface area contributed by atoms with Crippen LogP contribution >= 0.6 is 0 Å². The van der Waals surface area contributed by atoms with Crippen LogP contribution in [0.5, 0.6) is 5.75 Å². The SMILES string of the molecule is CCN(CC)c1ccc(C2C=CN=C(c3ccccn3)C2)c(O)c1. The fourth-order valence-corrected chi connectivity index (χ4v) is 3.11. The second-order valence-electron chi connectivity index (χ2n) is 5.86. The molecule has 3 rings (SSSR count). The van der Waals surface area contributed by atoms with Gasteiger partial charge >= 0.3 is 0 Å². The molecule has 24 heavy (non-hydrogen) atoms. The molecule has 4 nitrogen and oxygen atoms in total. The predicted octanol–water partition coefficient (Wildman–Crippen LogP) is 4.12. The summed E-state index contributed by atoms with van der Waals surface area (Å²) in [5, 5.41) is 10.5. The van der Waals surface area contributed by atoms with Crippen molar-refractivity contribution in [2.24, 2.45) is 4.99 Å². The summed E-state index contributed by atoms with van der Waals surface area (Å²) < 4.78 is 0. The third kappa shape index (κ3) is 3.32. The zero-order chi connectivity index (χ0) is 16.9. The summed E-state index contributed by atoms with van der Waals surface area (Å²) in [7, 11) is 0. The molecule has 4 heteroatoms. The van der Waals surface area contributed by atoms with Gasteiger partial charge in [-0.15, -0.1) is 0 Å². The van der Waals surface area contributed by atoms with Crippen molar-refractivity contribution in [2.45, 2.75) is 26.2 Å². The quantitative estimate of drug-likeness (QED) is 0.901. The van der Waals surface area contributed by atoms with E-state index in [9.17, 15) is 5.11 Å². The van der Waals surface area contributed by atoms with Crippen molar-refractivity contribution >= 4 is 11.4 Å². The third-order valence-corrected chi connectivity index (χ3v) is 4.46. The van der Waals surface area contributed by atoms with E-state index in [1.807, 2.05) is 42.6 Å². The lowest BCUT2D eigenvalue weighted by Gasteiger charge is -2.23. The lowest BCUT2D eigenvalue weighted by atomic mass is 9.90. The van der Waals surface area contributed by atoms with E-state index in [-0.39, 0.29) is 5.92 Å². The van der Waals surface area contributed by atoms with Crippen LogP contribution in [-0.2, 0) is 0 Å². The summed E-state index contributed by atoms with van der Waals surface area (Å²) in [6, 6.07) is 11.8. The molecule has 1 aromatic carbocycles. The molecule has 1 aliphatic rings. The molecule has 0 fully saturated rings. The summed E-state index contributed by atoms with van der Waals surface area (Å²) in [6.07, 6.45) is 6.38. The molecule has 0 amide bonds. The van der Waals surface area contributed by atoms with Crippen molar-refractivity contribution in [1.29, 1.82) is 0 Å². The Hall–Kier alpha value is -2.62. The Morgan fingerprint density at radius 1 is 1.17 bits per heavy atom. The minimum absolute atomic E-state index is 0.116. The van der Waals surface area contributed by atoms with Gasteiger partial charge < -0.3 is 10.0 Å². The zero-order valence-corrected chi connectivity index (χ0v) is 14.2. The molecular weight excluding hydrogens is 298 g/mol. The number of benzene rings is 1. The molecule has 1 aliphatic heterocycles. The van der Waals surface area contributed by atoms with E-state index >= 15 is 0 Å². The maximum absolute atomic E-state index is 10.5. The van der Waals surface area contributed by atoms with Gasteiger partial charge in [0.1, 0.15) is 5.75 Å². The Kier molecular flexibility index (Phi) is 4.94. The molecule has 1 unspecified atom stereocenters. The van der Waals surface area contributed by atoms with Crippen molar-refractivity contribution in [3.05, 3.63) is 66.1 Å². The highest BCUT2D eigenvalue weighted by Crippen LogP contribution is 2.35. The zero-order valence-electron chi connectivity index (χ0n) is 14.2. The summed E-state index contributed by atoms with van der Waals surface area (Å²) in [5.41, 5.74) is 3.84. The molecule has 1 atom stereocenters. The normalized spacial score (nSPS) is 16.8. The Labute approximate surface area is 143 Å². The van der Waals surface area contributed by atoms with Crippen LogP contribution in [0.1, 0.15) is 37.4 Å². The van der Waals surface area contributed by atoms with E-state index in [1.165, 1.54) is 0 Å². The maximum atomic E-state index is 10.5. The van der Waals surface area contributed by atoms with E-state index in [4.69, 9.17) is 0 Å². The first-order valence-electron chi connectivity index (χ1n) is 8.45. The number of hydrogen-bond donors (Lipinski definition) is 1. The Morgan fingerprint density at radius 2 is 2.00 bits per heavy atom. The molecule has 2 heterocycles. The number of aliphatic imine (C=N–C) groups is 1. The molecule has 1 N–H and O–H groups in total. The molecular formula is C20H23N3O. The van der Waals surface area contributed by atoms with Crippen LogP contribution in [0.2, 0.25) is 0 Å². The fraction of sp³-hybridized carbons (Fsp3) is 0.300. The van der Waals surface area contributed by atoms with Gasteiger partial charge in [0.2, 0.25) is 0 Å². The van der Waals surface area contributed by atoms with Gasteiger partial charge in [0.05, 0.1) is 11.4 Å². The fourth-order valence-electron chi connectivity index (χ4n) is 3.11. The molecule has 0 saturated heterocycles. The second kappa shape index (κ2) is 7.30. The Balaban J connectivity index is 1.83. The van der Waals surface area contributed by atoms with Gasteiger partial charge in [0.25, 0.3) is 0 Å². The van der Waals surface area contributed by atoms with Crippen molar-refractivity contribution in [1.82, 2.24) is 4.98 Å². The highest BCUT2D eigenvalue weighted by molar-refractivity contribution is 6.00. The van der Waals surface area contributed by atoms with E-state index in [0.717, 1.165) is 42.2 Å². The minimum atomic E-state index is 0.116. The standard InChI is InChI=1S/C20H23N3O/c1-3-23(4-2)16-8-9-17(20(24)14-16)15-10-12-22-19(13-15)18-7-5-6-11-21-18/h5-12,14-15,24H,3-4,13H2,1-2H3. The van der Waals surface area contributed by atoms with Gasteiger partial charge in [0, 0.05) is 55.1 Å². The first-order valence-corrected chi connectivity index (χ1v) is 8.45. The van der Waals surface area contributed by atoms with Crippen LogP contribution in [0.15, 0.2) is 59.9 Å². The summed E-state index contributed by atoms with van der Waals surface area (Å²) in [4.78, 5) is 11.1. The third-order valence-electron chi connectivity index (χ3n) is 4.46. The van der Waals surface area contributed by atoms with E-state index < -0.39 is 0 Å². The predicted molar refractivity (Wildman–Crippen MR) is 98.9 cm³/mol. The van der Waals surface area contributed by atoms with Crippen molar-refractivity contribution in [3.63, 3.8) is 0 Å². The smallest absolute Gasteiger partial charge is 0.121 e. The number of aromatic nitrogens is 1. The van der Waals surface area contributed by atoms with Crippen molar-refractivity contribution in [3.8, 4) is 5.75 Å². The number of aromatic hydroxyl groups is 1. The maximum Gasteiger partial charge on any atom is 0.121 e. The van der Waals surface area contributed by atoms with Crippen LogP contribution in [-0.4, -0.2) is 28.9 Å². The van der Waals surface area contributed by atoms with Gasteiger partial charge in [0.15, 0.2) is 0 Å². The second-order valence-corrected chi connectivity index (χ2v) is 5.86. The van der Waals surface area contributed by atoms with Crippen LogP contribution in [0, 0.1) is 0 Å². The Morgan fingerprint density at radius 3 is 2.67 bits per heavy atom. The van der Waals surface area contributed by atoms with E-state index in [0.29, 0.717) is 5.75 Å². The average molecular weight is 321 g/mol. The molecule has 0 bridgehead atoms. The highest BCUT2D eigenvalue weighted by atomic mass is 16.3. The highest BCUT2D eigenvalue weighted by Gasteiger charge is 2.20. The number of nitrogens with zero attached hydrogens (tertiary/aromatic N) is 3. The van der Waals surface area contributed by atoms with Crippen LogP contribution in [0.4, 0.5) is 5.69 Å². The molecule has 0 saturated carbocycles. The van der Waals surface area contributed by atoms with E-state index in [1.54, 1.807) is 6.20 Å². The average Bonchev–Trinajstić information content (AvgIpc) is 2.64. The minimum Gasteiger partial charge on any atom is -0.508 e. The van der Waals surface area contributed by atoms with Gasteiger partial charge in [-0.2, -0.15) is 0 Å². The topological polar surface area (TPSA) is 48.7 Å². The number of allylic oxidation sites excluding steroid dienone is 1.